The van der Waals surface area contributed by atoms with Gasteiger partial charge in [0.25, 0.3) is 0 Å². The predicted molar refractivity (Wildman–Crippen MR) is 126 cm³/mol. The zero-order valence-electron chi connectivity index (χ0n) is 18.2. The first kappa shape index (κ1) is 24.8. The van der Waals surface area contributed by atoms with Crippen LogP contribution in [0.5, 0.6) is 5.75 Å². The number of aromatic hydroxyl groups is 1. The van der Waals surface area contributed by atoms with Crippen molar-refractivity contribution in [1.29, 1.82) is 0 Å². The van der Waals surface area contributed by atoms with E-state index in [2.05, 4.69) is 26.8 Å². The zero-order chi connectivity index (χ0) is 19.9. The molecule has 3 heteroatoms. The summed E-state index contributed by atoms with van der Waals surface area (Å²) in [5, 5.41) is 10.4. The maximum atomic E-state index is 10.4. The van der Waals surface area contributed by atoms with Crippen LogP contribution in [0.3, 0.4) is 0 Å². The van der Waals surface area contributed by atoms with Crippen molar-refractivity contribution in [3.63, 3.8) is 0 Å². The molecule has 0 radical (unpaired) electrons. The van der Waals surface area contributed by atoms with E-state index in [-0.39, 0.29) is 0 Å². The predicted octanol–water partition coefficient (Wildman–Crippen LogP) is 8.91. The third-order valence-electron chi connectivity index (χ3n) is 5.14. The first-order chi connectivity index (χ1) is 13.1. The van der Waals surface area contributed by atoms with Gasteiger partial charge in [0, 0.05) is 15.4 Å². The minimum atomic E-state index is 0.490. The van der Waals surface area contributed by atoms with Gasteiger partial charge in [-0.25, -0.2) is 0 Å². The van der Waals surface area contributed by atoms with Crippen LogP contribution in [-0.2, 0) is 0 Å². The Kier molecular flexibility index (Phi) is 14.3. The quantitative estimate of drug-likeness (QED) is 0.217. The largest absolute Gasteiger partial charge is 0.507 e. The molecule has 0 spiro atoms. The fraction of sp³-hybridized carbons (Fsp3) is 0.750. The van der Waals surface area contributed by atoms with Crippen LogP contribution >= 0.6 is 23.5 Å². The van der Waals surface area contributed by atoms with Crippen molar-refractivity contribution in [2.45, 2.75) is 115 Å². The summed E-state index contributed by atoms with van der Waals surface area (Å²) in [6, 6.07) is 2.20. The van der Waals surface area contributed by atoms with Crippen LogP contribution in [0.15, 0.2) is 15.9 Å². The van der Waals surface area contributed by atoms with Gasteiger partial charge in [0.2, 0.25) is 0 Å². The van der Waals surface area contributed by atoms with E-state index in [4.69, 9.17) is 0 Å². The second-order valence-electron chi connectivity index (χ2n) is 7.73. The summed E-state index contributed by atoms with van der Waals surface area (Å²) in [5.41, 5.74) is 2.10. The van der Waals surface area contributed by atoms with E-state index in [1.165, 1.54) is 98.3 Å². The van der Waals surface area contributed by atoms with Crippen LogP contribution < -0.4 is 0 Å². The SMILES string of the molecule is CCCCCCCCSc1cc(C)c(O)c(C)c1SCCCCCCCC. The van der Waals surface area contributed by atoms with Crippen LogP contribution in [0.2, 0.25) is 0 Å². The summed E-state index contributed by atoms with van der Waals surface area (Å²) < 4.78 is 0. The zero-order valence-corrected chi connectivity index (χ0v) is 19.9. The topological polar surface area (TPSA) is 20.2 Å². The average Bonchev–Trinajstić information content (AvgIpc) is 2.66. The molecule has 0 aliphatic rings. The molecule has 0 aromatic heterocycles. The molecule has 0 unspecified atom stereocenters. The van der Waals surface area contributed by atoms with Crippen LogP contribution in [0.1, 0.15) is 102 Å². The van der Waals surface area contributed by atoms with Crippen molar-refractivity contribution >= 4 is 23.5 Å². The number of hydrogen-bond donors (Lipinski definition) is 1. The minimum Gasteiger partial charge on any atom is -0.507 e. The van der Waals surface area contributed by atoms with E-state index in [1.807, 2.05) is 30.4 Å². The summed E-state index contributed by atoms with van der Waals surface area (Å²) in [5.74, 6) is 2.85. The van der Waals surface area contributed by atoms with Gasteiger partial charge in [-0.05, 0) is 49.8 Å². The lowest BCUT2D eigenvalue weighted by Gasteiger charge is -2.15. The summed E-state index contributed by atoms with van der Waals surface area (Å²) in [4.78, 5) is 2.70. The molecule has 0 atom stereocenters. The van der Waals surface area contributed by atoms with E-state index in [1.54, 1.807) is 0 Å². The number of thioether (sulfide) groups is 2. The number of rotatable bonds is 16. The van der Waals surface area contributed by atoms with Gasteiger partial charge in [-0.1, -0.05) is 78.1 Å². The highest BCUT2D eigenvalue weighted by atomic mass is 32.2. The third-order valence-corrected chi connectivity index (χ3v) is 7.70. The molecule has 1 N–H and O–H groups in total. The van der Waals surface area contributed by atoms with Gasteiger partial charge in [0.15, 0.2) is 0 Å². The molecule has 0 heterocycles. The second kappa shape index (κ2) is 15.6. The van der Waals surface area contributed by atoms with Crippen molar-refractivity contribution in [1.82, 2.24) is 0 Å². The second-order valence-corrected chi connectivity index (χ2v) is 9.97. The number of phenols is 1. The Morgan fingerprint density at radius 2 is 1.19 bits per heavy atom. The Balaban J connectivity index is 2.48. The number of unbranched alkanes of at least 4 members (excludes halogenated alkanes) is 10. The standard InChI is InChI=1S/C24H42OS2/c1-5-7-9-11-13-15-17-26-22-19-20(3)23(25)21(4)24(22)27-18-16-14-12-10-8-6-2/h19,25H,5-18H2,1-4H3. The monoisotopic (exact) mass is 410 g/mol. The van der Waals surface area contributed by atoms with Gasteiger partial charge in [0.05, 0.1) is 0 Å². The van der Waals surface area contributed by atoms with E-state index in [0.29, 0.717) is 5.75 Å². The van der Waals surface area contributed by atoms with Gasteiger partial charge in [0.1, 0.15) is 5.75 Å². The van der Waals surface area contributed by atoms with Crippen molar-refractivity contribution in [2.75, 3.05) is 11.5 Å². The number of phenolic OH excluding ortho intramolecular Hbond substituents is 1. The summed E-state index contributed by atoms with van der Waals surface area (Å²) in [6.07, 6.45) is 16.2. The van der Waals surface area contributed by atoms with Gasteiger partial charge in [-0.15, -0.1) is 23.5 Å². The highest BCUT2D eigenvalue weighted by molar-refractivity contribution is 8.02. The first-order valence-corrected chi connectivity index (χ1v) is 13.2. The van der Waals surface area contributed by atoms with Crippen molar-refractivity contribution in [2.24, 2.45) is 0 Å². The first-order valence-electron chi connectivity index (χ1n) is 11.2. The molecule has 0 saturated carbocycles. The normalized spacial score (nSPS) is 11.3. The lowest BCUT2D eigenvalue weighted by molar-refractivity contribution is 0.464. The maximum Gasteiger partial charge on any atom is 0.122 e. The fourth-order valence-corrected chi connectivity index (χ4v) is 5.86. The maximum absolute atomic E-state index is 10.4. The molecular formula is C24H42OS2. The molecule has 27 heavy (non-hydrogen) atoms. The average molecular weight is 411 g/mol. The fourth-order valence-electron chi connectivity index (χ4n) is 3.33. The van der Waals surface area contributed by atoms with Gasteiger partial charge in [-0.2, -0.15) is 0 Å². The summed E-state index contributed by atoms with van der Waals surface area (Å²) in [7, 11) is 0. The molecule has 156 valence electrons. The number of hydrogen-bond acceptors (Lipinski definition) is 3. The van der Waals surface area contributed by atoms with Gasteiger partial charge >= 0.3 is 0 Å². The lowest BCUT2D eigenvalue weighted by atomic mass is 10.1. The molecule has 0 bridgehead atoms. The smallest absolute Gasteiger partial charge is 0.122 e. The Hall–Kier alpha value is -0.280. The van der Waals surface area contributed by atoms with Crippen molar-refractivity contribution in [3.05, 3.63) is 17.2 Å². The van der Waals surface area contributed by atoms with E-state index in [0.717, 1.165) is 11.1 Å². The molecule has 0 fully saturated rings. The molecule has 1 nitrogen and oxygen atoms in total. The number of aryl methyl sites for hydroxylation is 1. The number of benzene rings is 1. The Morgan fingerprint density at radius 3 is 1.74 bits per heavy atom. The van der Waals surface area contributed by atoms with E-state index >= 15 is 0 Å². The molecule has 1 aromatic rings. The third kappa shape index (κ3) is 10.2. The van der Waals surface area contributed by atoms with E-state index in [9.17, 15) is 5.11 Å². The van der Waals surface area contributed by atoms with Crippen LogP contribution in [-0.4, -0.2) is 16.6 Å². The molecule has 0 aliphatic carbocycles. The molecule has 0 aliphatic heterocycles. The van der Waals surface area contributed by atoms with Crippen LogP contribution in [0, 0.1) is 13.8 Å². The Labute approximate surface area is 177 Å². The van der Waals surface area contributed by atoms with E-state index < -0.39 is 0 Å². The molecule has 1 rings (SSSR count). The molecular weight excluding hydrogens is 368 g/mol. The van der Waals surface area contributed by atoms with Gasteiger partial charge < -0.3 is 5.11 Å². The van der Waals surface area contributed by atoms with Crippen molar-refractivity contribution < 1.29 is 5.11 Å². The van der Waals surface area contributed by atoms with Gasteiger partial charge in [-0.3, -0.25) is 0 Å². The highest BCUT2D eigenvalue weighted by Crippen LogP contribution is 2.40. The van der Waals surface area contributed by atoms with Crippen LogP contribution in [0.25, 0.3) is 0 Å². The Morgan fingerprint density at radius 1 is 0.704 bits per heavy atom. The molecule has 1 aromatic carbocycles. The Bertz CT molecular complexity index is 514. The molecule has 0 saturated heterocycles. The summed E-state index contributed by atoms with van der Waals surface area (Å²) >= 11 is 3.95. The minimum absolute atomic E-state index is 0.490. The highest BCUT2D eigenvalue weighted by Gasteiger charge is 2.13. The summed E-state index contributed by atoms with van der Waals surface area (Å²) in [6.45, 7) is 8.66. The van der Waals surface area contributed by atoms with Crippen LogP contribution in [0.4, 0.5) is 0 Å². The van der Waals surface area contributed by atoms with Crippen molar-refractivity contribution in [3.8, 4) is 5.75 Å². The lowest BCUT2D eigenvalue weighted by Crippen LogP contribution is -1.92. The molecule has 0 amide bonds.